The van der Waals surface area contributed by atoms with E-state index in [9.17, 15) is 17.2 Å². The standard InChI is InChI=1S/C14H20F2N2O2S/c1-10-8-13(16)14(9-12(10)15)18-21(19,20)7-4-11-2-5-17-6-3-11/h8-9,11,17-18H,2-7H2,1H3. The van der Waals surface area contributed by atoms with Crippen LogP contribution < -0.4 is 10.0 Å². The Morgan fingerprint density at radius 1 is 1.24 bits per heavy atom. The summed E-state index contributed by atoms with van der Waals surface area (Å²) in [7, 11) is -3.66. The maximum Gasteiger partial charge on any atom is 0.232 e. The minimum atomic E-state index is -3.66. The molecule has 0 saturated carbocycles. The molecule has 4 nitrogen and oxygen atoms in total. The second-order valence-electron chi connectivity index (χ2n) is 5.48. The topological polar surface area (TPSA) is 58.2 Å². The van der Waals surface area contributed by atoms with Crippen LogP contribution in [-0.2, 0) is 10.0 Å². The molecule has 21 heavy (non-hydrogen) atoms. The van der Waals surface area contributed by atoms with E-state index in [1.165, 1.54) is 6.92 Å². The lowest BCUT2D eigenvalue weighted by atomic mass is 9.96. The van der Waals surface area contributed by atoms with Crippen LogP contribution in [0.5, 0.6) is 0 Å². The maximum absolute atomic E-state index is 13.7. The molecule has 1 aromatic rings. The van der Waals surface area contributed by atoms with E-state index in [0.717, 1.165) is 38.1 Å². The highest BCUT2D eigenvalue weighted by molar-refractivity contribution is 7.92. The van der Waals surface area contributed by atoms with Crippen molar-refractivity contribution in [3.8, 4) is 0 Å². The SMILES string of the molecule is Cc1cc(F)c(NS(=O)(=O)CCC2CCNCC2)cc1F. The first-order valence-corrected chi connectivity index (χ1v) is 8.69. The molecule has 1 heterocycles. The Balaban J connectivity index is 1.98. The van der Waals surface area contributed by atoms with E-state index in [1.54, 1.807) is 0 Å². The van der Waals surface area contributed by atoms with Crippen LogP contribution >= 0.6 is 0 Å². The predicted octanol–water partition coefficient (Wildman–Crippen LogP) is 2.40. The molecule has 0 spiro atoms. The van der Waals surface area contributed by atoms with Crippen molar-refractivity contribution in [3.05, 3.63) is 29.3 Å². The number of anilines is 1. The van der Waals surface area contributed by atoms with Crippen LogP contribution in [0, 0.1) is 24.5 Å². The predicted molar refractivity (Wildman–Crippen MR) is 78.7 cm³/mol. The average Bonchev–Trinajstić information content (AvgIpc) is 2.44. The summed E-state index contributed by atoms with van der Waals surface area (Å²) in [5, 5.41) is 3.21. The van der Waals surface area contributed by atoms with Crippen LogP contribution in [0.2, 0.25) is 0 Å². The number of rotatable bonds is 5. The second kappa shape index (κ2) is 6.70. The summed E-state index contributed by atoms with van der Waals surface area (Å²) >= 11 is 0. The van der Waals surface area contributed by atoms with Crippen molar-refractivity contribution in [2.45, 2.75) is 26.2 Å². The minimum absolute atomic E-state index is 0.0768. The third kappa shape index (κ3) is 4.64. The van der Waals surface area contributed by atoms with Crippen LogP contribution in [0.15, 0.2) is 12.1 Å². The molecule has 1 fully saturated rings. The van der Waals surface area contributed by atoms with Crippen molar-refractivity contribution in [3.63, 3.8) is 0 Å². The zero-order chi connectivity index (χ0) is 15.5. The Morgan fingerprint density at radius 2 is 1.90 bits per heavy atom. The number of nitrogens with one attached hydrogen (secondary N) is 2. The molecule has 7 heteroatoms. The first-order valence-electron chi connectivity index (χ1n) is 7.04. The molecule has 1 saturated heterocycles. The lowest BCUT2D eigenvalue weighted by molar-refractivity contribution is 0.365. The number of sulfonamides is 1. The average molecular weight is 318 g/mol. The normalized spacial score (nSPS) is 16.9. The summed E-state index contributed by atoms with van der Waals surface area (Å²) in [5.41, 5.74) is -0.187. The quantitative estimate of drug-likeness (QED) is 0.876. The van der Waals surface area contributed by atoms with E-state index in [1.807, 2.05) is 0 Å². The van der Waals surface area contributed by atoms with E-state index in [2.05, 4.69) is 10.0 Å². The van der Waals surface area contributed by atoms with E-state index in [4.69, 9.17) is 0 Å². The van der Waals surface area contributed by atoms with Gasteiger partial charge in [-0.15, -0.1) is 0 Å². The molecule has 0 amide bonds. The molecule has 0 unspecified atom stereocenters. The Kier molecular flexibility index (Phi) is 5.16. The Morgan fingerprint density at radius 3 is 2.57 bits per heavy atom. The van der Waals surface area contributed by atoms with Crippen molar-refractivity contribution in [2.24, 2.45) is 5.92 Å². The number of halogens is 2. The van der Waals surface area contributed by atoms with Gasteiger partial charge in [-0.3, -0.25) is 4.72 Å². The fourth-order valence-corrected chi connectivity index (χ4v) is 3.67. The lowest BCUT2D eigenvalue weighted by Crippen LogP contribution is -2.29. The van der Waals surface area contributed by atoms with Gasteiger partial charge in [0, 0.05) is 6.07 Å². The number of hydrogen-bond acceptors (Lipinski definition) is 3. The van der Waals surface area contributed by atoms with Crippen molar-refractivity contribution < 1.29 is 17.2 Å². The fourth-order valence-electron chi connectivity index (χ4n) is 2.44. The van der Waals surface area contributed by atoms with E-state index < -0.39 is 21.7 Å². The number of hydrogen-bond donors (Lipinski definition) is 2. The molecular weight excluding hydrogens is 298 g/mol. The summed E-state index contributed by atoms with van der Waals surface area (Å²) in [4.78, 5) is 0. The fraction of sp³-hybridized carbons (Fsp3) is 0.571. The third-order valence-corrected chi connectivity index (χ3v) is 5.07. The summed E-state index contributed by atoms with van der Waals surface area (Å²) in [6.07, 6.45) is 2.43. The Hall–Kier alpha value is -1.21. The molecule has 0 aliphatic carbocycles. The van der Waals surface area contributed by atoms with Gasteiger partial charge in [0.15, 0.2) is 0 Å². The smallest absolute Gasteiger partial charge is 0.232 e. The zero-order valence-electron chi connectivity index (χ0n) is 12.0. The van der Waals surface area contributed by atoms with Gasteiger partial charge in [-0.2, -0.15) is 0 Å². The zero-order valence-corrected chi connectivity index (χ0v) is 12.8. The number of aryl methyl sites for hydroxylation is 1. The van der Waals surface area contributed by atoms with E-state index >= 15 is 0 Å². The summed E-state index contributed by atoms with van der Waals surface area (Å²) in [6.45, 7) is 3.22. The highest BCUT2D eigenvalue weighted by Crippen LogP contribution is 2.21. The highest BCUT2D eigenvalue weighted by Gasteiger charge is 2.19. The monoisotopic (exact) mass is 318 g/mol. The number of benzene rings is 1. The molecule has 2 N–H and O–H groups in total. The van der Waals surface area contributed by atoms with Gasteiger partial charge in [0.25, 0.3) is 0 Å². The third-order valence-electron chi connectivity index (χ3n) is 3.77. The van der Waals surface area contributed by atoms with Gasteiger partial charge in [-0.05, 0) is 56.8 Å². The van der Waals surface area contributed by atoms with Gasteiger partial charge in [0.2, 0.25) is 10.0 Å². The van der Waals surface area contributed by atoms with Gasteiger partial charge >= 0.3 is 0 Å². The molecule has 0 aromatic heterocycles. The molecule has 118 valence electrons. The van der Waals surface area contributed by atoms with Gasteiger partial charge < -0.3 is 5.32 Å². The first-order chi connectivity index (χ1) is 9.87. The first kappa shape index (κ1) is 16.2. The lowest BCUT2D eigenvalue weighted by Gasteiger charge is -2.22. The van der Waals surface area contributed by atoms with Crippen LogP contribution in [0.1, 0.15) is 24.8 Å². The molecule has 1 aliphatic heterocycles. The molecule has 0 bridgehead atoms. The van der Waals surface area contributed by atoms with E-state index in [-0.39, 0.29) is 17.0 Å². The molecule has 2 rings (SSSR count). The maximum atomic E-state index is 13.7. The van der Waals surface area contributed by atoms with E-state index in [0.29, 0.717) is 12.3 Å². The molecule has 1 aromatic carbocycles. The molecule has 1 aliphatic rings. The van der Waals surface area contributed by atoms with Gasteiger partial charge in [-0.1, -0.05) is 0 Å². The number of piperidine rings is 1. The summed E-state index contributed by atoms with van der Waals surface area (Å²) in [5.74, 6) is -1.11. The van der Waals surface area contributed by atoms with Crippen LogP contribution in [0.4, 0.5) is 14.5 Å². The van der Waals surface area contributed by atoms with Gasteiger partial charge in [0.05, 0.1) is 11.4 Å². The minimum Gasteiger partial charge on any atom is -0.317 e. The second-order valence-corrected chi connectivity index (χ2v) is 7.33. The van der Waals surface area contributed by atoms with Crippen LogP contribution in [0.3, 0.4) is 0 Å². The van der Waals surface area contributed by atoms with Crippen LogP contribution in [-0.4, -0.2) is 27.3 Å². The highest BCUT2D eigenvalue weighted by atomic mass is 32.2. The van der Waals surface area contributed by atoms with Crippen molar-refractivity contribution in [1.82, 2.24) is 5.32 Å². The molecular formula is C14H20F2N2O2S. The largest absolute Gasteiger partial charge is 0.317 e. The van der Waals surface area contributed by atoms with Gasteiger partial charge in [-0.25, -0.2) is 17.2 Å². The summed E-state index contributed by atoms with van der Waals surface area (Å²) in [6, 6.07) is 1.87. The Bertz CT molecular complexity index is 599. The van der Waals surface area contributed by atoms with Gasteiger partial charge in [0.1, 0.15) is 11.6 Å². The van der Waals surface area contributed by atoms with Crippen molar-refractivity contribution >= 4 is 15.7 Å². The Labute approximate surface area is 124 Å². The summed E-state index contributed by atoms with van der Waals surface area (Å²) < 4.78 is 53.1. The van der Waals surface area contributed by atoms with Crippen molar-refractivity contribution in [1.29, 1.82) is 0 Å². The van der Waals surface area contributed by atoms with Crippen LogP contribution in [0.25, 0.3) is 0 Å². The molecule has 0 atom stereocenters. The molecule has 0 radical (unpaired) electrons. The van der Waals surface area contributed by atoms with Crippen molar-refractivity contribution in [2.75, 3.05) is 23.6 Å².